The number of aryl methyl sites for hydroxylation is 1. The number of nitrogens with one attached hydrogen (secondary N) is 1. The highest BCUT2D eigenvalue weighted by molar-refractivity contribution is 7.89. The van der Waals surface area contributed by atoms with Gasteiger partial charge in [-0.25, -0.2) is 17.9 Å². The van der Waals surface area contributed by atoms with E-state index in [0.717, 1.165) is 13.1 Å². The third-order valence-corrected chi connectivity index (χ3v) is 3.41. The fourth-order valence-electron chi connectivity index (χ4n) is 0.932. The minimum atomic E-state index is -3.86. The molecule has 96 valence electrons. The van der Waals surface area contributed by atoms with Gasteiger partial charge in [-0.05, 0) is 6.92 Å². The first-order valence-electron chi connectivity index (χ1n) is 4.59. The summed E-state index contributed by atoms with van der Waals surface area (Å²) in [5.74, 6) is -1.51. The van der Waals surface area contributed by atoms with Crippen LogP contribution in [0.1, 0.15) is 6.92 Å². The van der Waals surface area contributed by atoms with E-state index in [1.807, 2.05) is 4.72 Å². The number of carbonyl (C=O) groups is 1. The summed E-state index contributed by atoms with van der Waals surface area (Å²) in [7, 11) is -2.31. The van der Waals surface area contributed by atoms with Crippen LogP contribution in [0, 0.1) is 0 Å². The van der Waals surface area contributed by atoms with E-state index in [4.69, 9.17) is 5.11 Å². The first-order chi connectivity index (χ1) is 7.65. The highest BCUT2D eigenvalue weighted by Crippen LogP contribution is 2.08. The van der Waals surface area contributed by atoms with Gasteiger partial charge in [-0.1, -0.05) is 0 Å². The van der Waals surface area contributed by atoms with E-state index in [1.54, 1.807) is 7.05 Å². The third kappa shape index (κ3) is 3.25. The monoisotopic (exact) mass is 263 g/mol. The number of nitrogens with zero attached hydrogens (tertiary/aromatic N) is 2. The van der Waals surface area contributed by atoms with Gasteiger partial charge in [0, 0.05) is 13.2 Å². The number of hydrogen-bond acceptors (Lipinski definition) is 5. The van der Waals surface area contributed by atoms with Crippen LogP contribution in [0.2, 0.25) is 0 Å². The minimum Gasteiger partial charge on any atom is -0.479 e. The van der Waals surface area contributed by atoms with Gasteiger partial charge >= 0.3 is 5.97 Å². The lowest BCUT2D eigenvalue weighted by molar-refractivity contribution is -0.155. The fraction of sp³-hybridized carbons (Fsp3) is 0.500. The molecule has 0 aliphatic heterocycles. The lowest BCUT2D eigenvalue weighted by Crippen LogP contribution is -2.46. The van der Waals surface area contributed by atoms with Crippen molar-refractivity contribution in [2.45, 2.75) is 17.4 Å². The first-order valence-corrected chi connectivity index (χ1v) is 6.07. The molecule has 3 N–H and O–H groups in total. The van der Waals surface area contributed by atoms with E-state index in [1.165, 1.54) is 10.9 Å². The van der Waals surface area contributed by atoms with Gasteiger partial charge in [-0.15, -0.1) is 0 Å². The Labute approximate surface area is 97.9 Å². The van der Waals surface area contributed by atoms with E-state index in [0.29, 0.717) is 0 Å². The standard InChI is InChI=1S/C8H13N3O5S/c1-8(14,7(12)13)5-10-17(15,16)6-3-9-11(2)4-6/h3-4,10,14H,5H2,1-2H3,(H,12,13). The molecule has 0 amide bonds. The van der Waals surface area contributed by atoms with Gasteiger partial charge in [0.15, 0.2) is 5.60 Å². The van der Waals surface area contributed by atoms with Crippen LogP contribution in [0.25, 0.3) is 0 Å². The average Bonchev–Trinajstić information content (AvgIpc) is 2.63. The Hall–Kier alpha value is -1.45. The molecular weight excluding hydrogens is 250 g/mol. The summed E-state index contributed by atoms with van der Waals surface area (Å²) in [4.78, 5) is 10.5. The Morgan fingerprint density at radius 1 is 1.65 bits per heavy atom. The number of sulfonamides is 1. The Kier molecular flexibility index (Phi) is 3.55. The molecule has 1 heterocycles. The van der Waals surface area contributed by atoms with Crippen molar-refractivity contribution < 1.29 is 23.4 Å². The molecule has 0 spiro atoms. The van der Waals surface area contributed by atoms with E-state index < -0.39 is 28.1 Å². The van der Waals surface area contributed by atoms with Crippen LogP contribution in [0.3, 0.4) is 0 Å². The molecule has 0 fully saturated rings. The Balaban J connectivity index is 2.79. The first kappa shape index (κ1) is 13.6. The molecule has 0 radical (unpaired) electrons. The quantitative estimate of drug-likeness (QED) is 0.596. The van der Waals surface area contributed by atoms with Crippen molar-refractivity contribution in [1.82, 2.24) is 14.5 Å². The van der Waals surface area contributed by atoms with Crippen LogP contribution in [0.15, 0.2) is 17.3 Å². The zero-order valence-electron chi connectivity index (χ0n) is 9.28. The molecule has 0 bridgehead atoms. The number of hydrogen-bond donors (Lipinski definition) is 3. The summed E-state index contributed by atoms with van der Waals surface area (Å²) in [6, 6.07) is 0. The molecule has 1 atom stereocenters. The third-order valence-electron chi connectivity index (χ3n) is 2.06. The largest absolute Gasteiger partial charge is 0.479 e. The molecule has 0 saturated heterocycles. The lowest BCUT2D eigenvalue weighted by Gasteiger charge is -2.17. The van der Waals surface area contributed by atoms with Crippen molar-refractivity contribution >= 4 is 16.0 Å². The number of rotatable bonds is 5. The predicted octanol–water partition coefficient (Wildman–Crippen LogP) is -1.47. The predicted molar refractivity (Wildman–Crippen MR) is 56.7 cm³/mol. The molecule has 1 aromatic heterocycles. The van der Waals surface area contributed by atoms with Gasteiger partial charge in [-0.3, -0.25) is 4.68 Å². The highest BCUT2D eigenvalue weighted by Gasteiger charge is 2.32. The second kappa shape index (κ2) is 4.43. The van der Waals surface area contributed by atoms with Gasteiger partial charge in [-0.2, -0.15) is 5.10 Å². The summed E-state index contributed by atoms with van der Waals surface area (Å²) in [6.45, 7) is 0.376. The van der Waals surface area contributed by atoms with Crippen LogP contribution in [0.5, 0.6) is 0 Å². The van der Waals surface area contributed by atoms with E-state index >= 15 is 0 Å². The van der Waals surface area contributed by atoms with Crippen LogP contribution in [-0.4, -0.2) is 46.5 Å². The van der Waals surface area contributed by atoms with Gasteiger partial charge in [0.2, 0.25) is 10.0 Å². The van der Waals surface area contributed by atoms with Gasteiger partial charge in [0.1, 0.15) is 4.90 Å². The van der Waals surface area contributed by atoms with Crippen LogP contribution < -0.4 is 4.72 Å². The topological polar surface area (TPSA) is 122 Å². The van der Waals surface area contributed by atoms with Crippen molar-refractivity contribution in [3.05, 3.63) is 12.4 Å². The number of aromatic nitrogens is 2. The van der Waals surface area contributed by atoms with E-state index in [9.17, 15) is 18.3 Å². The molecule has 8 nitrogen and oxygen atoms in total. The number of carboxylic acid groups (broad SMARTS) is 1. The Morgan fingerprint density at radius 3 is 2.65 bits per heavy atom. The number of aliphatic carboxylic acids is 1. The maximum absolute atomic E-state index is 11.6. The summed E-state index contributed by atoms with van der Waals surface area (Å²) in [5, 5.41) is 21.7. The molecule has 0 aliphatic rings. The minimum absolute atomic E-state index is 0.0961. The summed E-state index contributed by atoms with van der Waals surface area (Å²) < 4.78 is 26.6. The van der Waals surface area contributed by atoms with Crippen molar-refractivity contribution in [3.63, 3.8) is 0 Å². The zero-order valence-corrected chi connectivity index (χ0v) is 10.1. The number of aliphatic hydroxyl groups is 1. The van der Waals surface area contributed by atoms with Crippen LogP contribution in [0.4, 0.5) is 0 Å². The van der Waals surface area contributed by atoms with Gasteiger partial charge in [0.05, 0.1) is 12.7 Å². The molecule has 9 heteroatoms. The maximum atomic E-state index is 11.6. The second-order valence-electron chi connectivity index (χ2n) is 3.75. The molecule has 0 aliphatic carbocycles. The Bertz CT molecular complexity index is 519. The molecule has 0 saturated carbocycles. The molecule has 1 aromatic rings. The molecule has 17 heavy (non-hydrogen) atoms. The molecule has 1 rings (SSSR count). The smallest absolute Gasteiger partial charge is 0.336 e. The summed E-state index contributed by atoms with van der Waals surface area (Å²) >= 11 is 0. The summed E-state index contributed by atoms with van der Waals surface area (Å²) in [6.07, 6.45) is 2.38. The fourth-order valence-corrected chi connectivity index (χ4v) is 2.05. The molecular formula is C8H13N3O5S. The van der Waals surface area contributed by atoms with Crippen molar-refractivity contribution in [1.29, 1.82) is 0 Å². The van der Waals surface area contributed by atoms with E-state index in [2.05, 4.69) is 5.10 Å². The molecule has 0 aromatic carbocycles. The van der Waals surface area contributed by atoms with Crippen molar-refractivity contribution in [2.75, 3.05) is 6.54 Å². The summed E-state index contributed by atoms with van der Waals surface area (Å²) in [5.41, 5.74) is -2.16. The molecule has 1 unspecified atom stereocenters. The average molecular weight is 263 g/mol. The highest BCUT2D eigenvalue weighted by atomic mass is 32.2. The maximum Gasteiger partial charge on any atom is 0.336 e. The normalized spacial score (nSPS) is 15.5. The van der Waals surface area contributed by atoms with Crippen LogP contribution in [-0.2, 0) is 21.9 Å². The Morgan fingerprint density at radius 2 is 2.24 bits per heavy atom. The van der Waals surface area contributed by atoms with Crippen LogP contribution >= 0.6 is 0 Å². The second-order valence-corrected chi connectivity index (χ2v) is 5.52. The van der Waals surface area contributed by atoms with E-state index in [-0.39, 0.29) is 4.90 Å². The van der Waals surface area contributed by atoms with Gasteiger partial charge < -0.3 is 10.2 Å². The number of carboxylic acids is 1. The van der Waals surface area contributed by atoms with Gasteiger partial charge in [0.25, 0.3) is 0 Å². The lowest BCUT2D eigenvalue weighted by atomic mass is 10.1. The zero-order chi connectivity index (χ0) is 13.3. The van der Waals surface area contributed by atoms with Crippen molar-refractivity contribution in [3.8, 4) is 0 Å². The van der Waals surface area contributed by atoms with Crippen molar-refractivity contribution in [2.24, 2.45) is 7.05 Å². The SMILES string of the molecule is Cn1cc(S(=O)(=O)NCC(C)(O)C(=O)O)cn1.